The third kappa shape index (κ3) is 3.52. The van der Waals surface area contributed by atoms with Gasteiger partial charge in [-0.25, -0.2) is 0 Å². The van der Waals surface area contributed by atoms with Crippen molar-refractivity contribution in [2.45, 2.75) is 64.1 Å². The molecule has 2 aromatic rings. The lowest BCUT2D eigenvalue weighted by molar-refractivity contribution is -0.114. The standard InChI is InChI=1S/C25H31N3O2/c1-16-7-5-8-17(2)22(16)24(30)27-23(25-13-11-21(12-14-25)28(25)4)19-9-6-10-20(15-19)26-18(3)29/h5-10,15,21,23H,11-14H2,1-4H3,(H,26,29)(H,27,30). The van der Waals surface area contributed by atoms with Gasteiger partial charge in [-0.1, -0.05) is 30.3 Å². The molecule has 2 fully saturated rings. The number of likely N-dealkylation sites (N-methyl/N-ethyl adjacent to an activating group) is 1. The quantitative estimate of drug-likeness (QED) is 0.777. The molecule has 4 rings (SSSR count). The molecule has 2 N–H and O–H groups in total. The van der Waals surface area contributed by atoms with Crippen molar-refractivity contribution in [3.05, 3.63) is 64.7 Å². The van der Waals surface area contributed by atoms with Crippen molar-refractivity contribution in [3.63, 3.8) is 0 Å². The number of benzene rings is 2. The maximum atomic E-state index is 13.5. The summed E-state index contributed by atoms with van der Waals surface area (Å²) < 4.78 is 0. The van der Waals surface area contributed by atoms with Crippen molar-refractivity contribution in [2.75, 3.05) is 12.4 Å². The number of carbonyl (C=O) groups excluding carboxylic acids is 2. The van der Waals surface area contributed by atoms with Crippen molar-refractivity contribution in [2.24, 2.45) is 0 Å². The van der Waals surface area contributed by atoms with Crippen LogP contribution in [-0.4, -0.2) is 35.3 Å². The fourth-order valence-corrected chi connectivity index (χ4v) is 5.60. The third-order valence-electron chi connectivity index (χ3n) is 7.13. The lowest BCUT2D eigenvalue weighted by Gasteiger charge is -2.41. The first kappa shape index (κ1) is 20.6. The molecule has 0 spiro atoms. The molecule has 0 saturated carbocycles. The van der Waals surface area contributed by atoms with Crippen LogP contribution in [0.4, 0.5) is 5.69 Å². The molecule has 5 heteroatoms. The smallest absolute Gasteiger partial charge is 0.252 e. The van der Waals surface area contributed by atoms with Crippen molar-refractivity contribution >= 4 is 17.5 Å². The van der Waals surface area contributed by atoms with Gasteiger partial charge in [0, 0.05) is 29.8 Å². The van der Waals surface area contributed by atoms with Crippen LogP contribution in [0.5, 0.6) is 0 Å². The van der Waals surface area contributed by atoms with E-state index in [1.807, 2.05) is 50.2 Å². The summed E-state index contributed by atoms with van der Waals surface area (Å²) in [4.78, 5) is 27.5. The van der Waals surface area contributed by atoms with Gasteiger partial charge in [-0.3, -0.25) is 14.5 Å². The highest BCUT2D eigenvalue weighted by atomic mass is 16.2. The average molecular weight is 406 g/mol. The molecule has 2 aliphatic rings. The second-order valence-corrected chi connectivity index (χ2v) is 8.93. The maximum absolute atomic E-state index is 13.5. The topological polar surface area (TPSA) is 61.4 Å². The van der Waals surface area contributed by atoms with Crippen LogP contribution in [0.15, 0.2) is 42.5 Å². The molecule has 0 radical (unpaired) electrons. The molecule has 1 unspecified atom stereocenters. The number of fused-ring (bicyclic) bond motifs is 2. The van der Waals surface area contributed by atoms with Gasteiger partial charge in [-0.15, -0.1) is 0 Å². The Hall–Kier alpha value is -2.66. The van der Waals surface area contributed by atoms with Gasteiger partial charge < -0.3 is 10.6 Å². The van der Waals surface area contributed by atoms with E-state index in [0.29, 0.717) is 6.04 Å². The highest BCUT2D eigenvalue weighted by Crippen LogP contribution is 2.52. The van der Waals surface area contributed by atoms with E-state index in [1.165, 1.54) is 6.92 Å². The molecule has 2 aromatic carbocycles. The molecule has 0 aromatic heterocycles. The molecule has 158 valence electrons. The SMILES string of the molecule is CC(=O)Nc1cccc(C(NC(=O)c2c(C)cccc2C)C23CCC(CC2)N3C)c1. The Balaban J connectivity index is 1.74. The first-order valence-electron chi connectivity index (χ1n) is 10.8. The minimum absolute atomic E-state index is 0.0290. The number of amides is 2. The van der Waals surface area contributed by atoms with Crippen molar-refractivity contribution in [1.82, 2.24) is 10.2 Å². The number of anilines is 1. The van der Waals surface area contributed by atoms with E-state index in [9.17, 15) is 9.59 Å². The zero-order valence-electron chi connectivity index (χ0n) is 18.3. The molecule has 2 bridgehead atoms. The lowest BCUT2D eigenvalue weighted by Crippen LogP contribution is -2.51. The Morgan fingerprint density at radius 2 is 1.70 bits per heavy atom. The van der Waals surface area contributed by atoms with Crippen molar-refractivity contribution in [3.8, 4) is 0 Å². The Bertz CT molecular complexity index is 956. The zero-order chi connectivity index (χ0) is 21.5. The van der Waals surface area contributed by atoms with E-state index in [1.54, 1.807) is 0 Å². The van der Waals surface area contributed by atoms with Crippen LogP contribution in [0, 0.1) is 13.8 Å². The van der Waals surface area contributed by atoms with Gasteiger partial charge in [0.2, 0.25) is 5.91 Å². The molecule has 1 atom stereocenters. The lowest BCUT2D eigenvalue weighted by atomic mass is 9.78. The minimum Gasteiger partial charge on any atom is -0.343 e. The van der Waals surface area contributed by atoms with Crippen LogP contribution in [0.1, 0.15) is 65.7 Å². The van der Waals surface area contributed by atoms with Crippen LogP contribution < -0.4 is 10.6 Å². The monoisotopic (exact) mass is 405 g/mol. The summed E-state index contributed by atoms with van der Waals surface area (Å²) in [7, 11) is 2.19. The minimum atomic E-state index is -0.143. The molecule has 2 aliphatic heterocycles. The van der Waals surface area contributed by atoms with Crippen LogP contribution in [0.3, 0.4) is 0 Å². The van der Waals surface area contributed by atoms with Crippen molar-refractivity contribution < 1.29 is 9.59 Å². The number of nitrogens with one attached hydrogen (secondary N) is 2. The highest BCUT2D eigenvalue weighted by Gasteiger charge is 2.54. The van der Waals surface area contributed by atoms with Gasteiger partial charge in [0.05, 0.1) is 6.04 Å². The molecule has 2 heterocycles. The summed E-state index contributed by atoms with van der Waals surface area (Å²) >= 11 is 0. The largest absolute Gasteiger partial charge is 0.343 e. The number of aryl methyl sites for hydroxylation is 2. The van der Waals surface area contributed by atoms with Crippen molar-refractivity contribution in [1.29, 1.82) is 0 Å². The summed E-state index contributed by atoms with van der Waals surface area (Å²) in [5.41, 5.74) is 4.44. The highest BCUT2D eigenvalue weighted by molar-refractivity contribution is 5.97. The third-order valence-corrected chi connectivity index (χ3v) is 7.13. The molecule has 5 nitrogen and oxygen atoms in total. The predicted molar refractivity (Wildman–Crippen MR) is 120 cm³/mol. The first-order chi connectivity index (χ1) is 14.3. The number of hydrogen-bond acceptors (Lipinski definition) is 3. The summed E-state index contributed by atoms with van der Waals surface area (Å²) in [5.74, 6) is -0.126. The fraction of sp³-hybridized carbons (Fsp3) is 0.440. The van der Waals surface area contributed by atoms with Crippen LogP contribution >= 0.6 is 0 Å². The van der Waals surface area contributed by atoms with Crippen LogP contribution in [0.25, 0.3) is 0 Å². The number of hydrogen-bond donors (Lipinski definition) is 2. The second kappa shape index (κ2) is 7.88. The van der Waals surface area contributed by atoms with E-state index in [0.717, 1.165) is 53.6 Å². The normalized spacial score (nSPS) is 23.9. The molecule has 30 heavy (non-hydrogen) atoms. The number of rotatable bonds is 5. The first-order valence-corrected chi connectivity index (χ1v) is 10.8. The van der Waals surface area contributed by atoms with Gasteiger partial charge in [0.1, 0.15) is 0 Å². The van der Waals surface area contributed by atoms with E-state index >= 15 is 0 Å². The Morgan fingerprint density at radius 3 is 2.27 bits per heavy atom. The van der Waals surface area contributed by atoms with Gasteiger partial charge in [0.15, 0.2) is 0 Å². The summed E-state index contributed by atoms with van der Waals surface area (Å²) in [6, 6.07) is 14.3. The van der Waals surface area contributed by atoms with Gasteiger partial charge in [0.25, 0.3) is 5.91 Å². The molecule has 2 amide bonds. The fourth-order valence-electron chi connectivity index (χ4n) is 5.60. The number of nitrogens with zero attached hydrogens (tertiary/aromatic N) is 1. The Kier molecular flexibility index (Phi) is 5.41. The molecular formula is C25H31N3O2. The number of carbonyl (C=O) groups is 2. The summed E-state index contributed by atoms with van der Waals surface area (Å²) in [5, 5.41) is 6.29. The van der Waals surface area contributed by atoms with E-state index in [-0.39, 0.29) is 23.4 Å². The molecule has 0 aliphatic carbocycles. The predicted octanol–water partition coefficient (Wildman–Crippen LogP) is 4.36. The average Bonchev–Trinajstić information content (AvgIpc) is 3.18. The summed E-state index contributed by atoms with van der Waals surface area (Å²) in [6.07, 6.45) is 4.46. The maximum Gasteiger partial charge on any atom is 0.252 e. The van der Waals surface area contributed by atoms with Crippen LogP contribution in [-0.2, 0) is 4.79 Å². The second-order valence-electron chi connectivity index (χ2n) is 8.93. The van der Waals surface area contributed by atoms with E-state index < -0.39 is 0 Å². The zero-order valence-corrected chi connectivity index (χ0v) is 18.3. The Morgan fingerprint density at radius 1 is 1.07 bits per heavy atom. The summed E-state index contributed by atoms with van der Waals surface area (Å²) in [6.45, 7) is 5.48. The van der Waals surface area contributed by atoms with E-state index in [4.69, 9.17) is 0 Å². The molecular weight excluding hydrogens is 374 g/mol. The Labute approximate surface area is 178 Å². The van der Waals surface area contributed by atoms with E-state index in [2.05, 4.69) is 28.6 Å². The van der Waals surface area contributed by atoms with Gasteiger partial charge in [-0.2, -0.15) is 0 Å². The van der Waals surface area contributed by atoms with Gasteiger partial charge >= 0.3 is 0 Å². The van der Waals surface area contributed by atoms with Crippen LogP contribution in [0.2, 0.25) is 0 Å². The van der Waals surface area contributed by atoms with Gasteiger partial charge in [-0.05, 0) is 75.4 Å². The molecule has 2 saturated heterocycles.